The fourth-order valence-electron chi connectivity index (χ4n) is 3.39. The number of rotatable bonds is 7. The molecule has 10 heteroatoms. The van der Waals surface area contributed by atoms with Crippen molar-refractivity contribution in [2.45, 2.75) is 32.4 Å². The summed E-state index contributed by atoms with van der Waals surface area (Å²) in [6.45, 7) is 4.12. The molecule has 5 rings (SSSR count). The lowest BCUT2D eigenvalue weighted by molar-refractivity contribution is 0.0651. The number of nitrogens with one attached hydrogen (secondary N) is 1. The van der Waals surface area contributed by atoms with E-state index in [1.165, 1.54) is 24.0 Å². The van der Waals surface area contributed by atoms with Gasteiger partial charge >= 0.3 is 0 Å². The number of furan rings is 1. The first-order valence-corrected chi connectivity index (χ1v) is 11.2. The zero-order valence-corrected chi connectivity index (χ0v) is 18.8. The fraction of sp³-hybridized carbons (Fsp3) is 0.217. The van der Waals surface area contributed by atoms with Crippen molar-refractivity contribution in [2.24, 2.45) is 0 Å². The minimum atomic E-state index is -0.780. The number of carbonyl (C=O) groups excluding carboxylic acids is 1. The predicted octanol–water partition coefficient (Wildman–Crippen LogP) is 4.82. The smallest absolute Gasteiger partial charge is 0.275 e. The van der Waals surface area contributed by atoms with Gasteiger partial charge in [-0.15, -0.1) is 11.3 Å². The van der Waals surface area contributed by atoms with E-state index in [1.807, 2.05) is 24.4 Å². The maximum absolute atomic E-state index is 13.0. The first-order chi connectivity index (χ1) is 15.9. The van der Waals surface area contributed by atoms with Gasteiger partial charge in [0, 0.05) is 40.3 Å². The number of thiazole rings is 1. The molecule has 0 unspecified atom stereocenters. The third-order valence-electron chi connectivity index (χ3n) is 5.11. The summed E-state index contributed by atoms with van der Waals surface area (Å²) in [6.07, 6.45) is 8.48. The van der Waals surface area contributed by atoms with E-state index < -0.39 is 5.60 Å². The van der Waals surface area contributed by atoms with Crippen LogP contribution in [0.4, 0.5) is 5.69 Å². The number of aromatic nitrogens is 4. The average molecular weight is 464 g/mol. The summed E-state index contributed by atoms with van der Waals surface area (Å²) in [5.74, 6) is -0.334. The number of nitrogens with zero attached hydrogens (tertiary/aromatic N) is 4. The number of amides is 1. The summed E-state index contributed by atoms with van der Waals surface area (Å²) < 4.78 is 12.1. The zero-order chi connectivity index (χ0) is 23.0. The molecule has 0 fully saturated rings. The second-order valence-electron chi connectivity index (χ2n) is 8.29. The monoisotopic (exact) mass is 463 g/mol. The number of anilines is 1. The molecule has 0 aliphatic rings. The van der Waals surface area contributed by atoms with Crippen LogP contribution in [-0.4, -0.2) is 36.4 Å². The third kappa shape index (κ3) is 4.57. The molecule has 1 aromatic carbocycles. The van der Waals surface area contributed by atoms with E-state index in [9.17, 15) is 9.90 Å². The molecule has 0 spiro atoms. The van der Waals surface area contributed by atoms with E-state index in [1.54, 1.807) is 36.4 Å². The summed E-state index contributed by atoms with van der Waals surface area (Å²) >= 11 is 1.32. The average Bonchev–Trinajstić information content (AvgIpc) is 3.57. The van der Waals surface area contributed by atoms with Crippen molar-refractivity contribution in [3.8, 4) is 21.8 Å². The van der Waals surface area contributed by atoms with Gasteiger partial charge in [-0.25, -0.2) is 9.97 Å². The molecule has 0 aliphatic heterocycles. The van der Waals surface area contributed by atoms with Gasteiger partial charge in [-0.3, -0.25) is 9.48 Å². The van der Waals surface area contributed by atoms with Crippen LogP contribution in [0.5, 0.6) is 0 Å². The van der Waals surface area contributed by atoms with Crippen molar-refractivity contribution >= 4 is 33.8 Å². The van der Waals surface area contributed by atoms with Crippen LogP contribution in [0, 0.1) is 0 Å². The standard InChI is InChI=1S/C23H21N5O4S/c1-23(2,30)4-5-28-9-15-7-18(16(8-17(15)27-28)14-3-6-31-10-14)25-21(29)20-12-33-22(26-20)19-11-32-13-24-19/h3,6-13,30H,4-5H2,1-2H3,(H,25,29). The van der Waals surface area contributed by atoms with Gasteiger partial charge in [0.1, 0.15) is 22.7 Å². The SMILES string of the molecule is CC(C)(O)CCn1cc2cc(NC(=O)c3csc(-c4cocn4)n3)c(-c3ccoc3)cc2n1. The van der Waals surface area contributed by atoms with E-state index in [0.717, 1.165) is 22.0 Å². The van der Waals surface area contributed by atoms with Crippen molar-refractivity contribution in [2.75, 3.05) is 5.32 Å². The lowest BCUT2D eigenvalue weighted by atomic mass is 10.0. The van der Waals surface area contributed by atoms with Crippen molar-refractivity contribution < 1.29 is 18.7 Å². The third-order valence-corrected chi connectivity index (χ3v) is 5.98. The molecular weight excluding hydrogens is 442 g/mol. The van der Waals surface area contributed by atoms with E-state index in [-0.39, 0.29) is 11.6 Å². The highest BCUT2D eigenvalue weighted by Gasteiger charge is 2.18. The van der Waals surface area contributed by atoms with Crippen LogP contribution < -0.4 is 5.32 Å². The molecule has 9 nitrogen and oxygen atoms in total. The Balaban J connectivity index is 1.46. The van der Waals surface area contributed by atoms with Crippen LogP contribution in [0.3, 0.4) is 0 Å². The quantitative estimate of drug-likeness (QED) is 0.355. The molecule has 0 aliphatic carbocycles. The minimum Gasteiger partial charge on any atom is -0.472 e. The molecule has 5 aromatic rings. The molecule has 4 heterocycles. The number of aryl methyl sites for hydroxylation is 1. The Morgan fingerprint density at radius 1 is 1.27 bits per heavy atom. The maximum atomic E-state index is 13.0. The Hall–Kier alpha value is -3.76. The molecule has 0 radical (unpaired) electrons. The van der Waals surface area contributed by atoms with Crippen molar-refractivity contribution in [1.82, 2.24) is 19.7 Å². The lowest BCUT2D eigenvalue weighted by Crippen LogP contribution is -2.21. The highest BCUT2D eigenvalue weighted by atomic mass is 32.1. The minimum absolute atomic E-state index is 0.289. The van der Waals surface area contributed by atoms with Gasteiger partial charge in [-0.05, 0) is 38.5 Å². The summed E-state index contributed by atoms with van der Waals surface area (Å²) in [5, 5.41) is 20.8. The Kier molecular flexibility index (Phi) is 5.31. The van der Waals surface area contributed by atoms with Gasteiger partial charge < -0.3 is 19.3 Å². The molecule has 0 saturated carbocycles. The van der Waals surface area contributed by atoms with Crippen molar-refractivity contribution in [3.05, 3.63) is 60.7 Å². The Bertz CT molecular complexity index is 1390. The number of fused-ring (bicyclic) bond motifs is 1. The largest absolute Gasteiger partial charge is 0.472 e. The van der Waals surface area contributed by atoms with Gasteiger partial charge in [0.15, 0.2) is 6.39 Å². The topological polar surface area (TPSA) is 119 Å². The van der Waals surface area contributed by atoms with Crippen molar-refractivity contribution in [3.63, 3.8) is 0 Å². The molecule has 0 atom stereocenters. The van der Waals surface area contributed by atoms with E-state index in [2.05, 4.69) is 20.4 Å². The molecule has 2 N–H and O–H groups in total. The molecule has 33 heavy (non-hydrogen) atoms. The Labute approximate surface area is 192 Å². The summed E-state index contributed by atoms with van der Waals surface area (Å²) in [4.78, 5) is 21.4. The van der Waals surface area contributed by atoms with Crippen LogP contribution in [0.25, 0.3) is 32.7 Å². The number of hydrogen-bond donors (Lipinski definition) is 2. The molecule has 168 valence electrons. The van der Waals surface area contributed by atoms with Gasteiger partial charge in [0.2, 0.25) is 0 Å². The molecule has 0 bridgehead atoms. The number of carbonyl (C=O) groups is 1. The highest BCUT2D eigenvalue weighted by Crippen LogP contribution is 2.33. The first kappa shape index (κ1) is 21.1. The van der Waals surface area contributed by atoms with Gasteiger partial charge in [0.25, 0.3) is 5.91 Å². The molecule has 0 saturated heterocycles. The Morgan fingerprint density at radius 2 is 2.15 bits per heavy atom. The molecule has 4 aromatic heterocycles. The highest BCUT2D eigenvalue weighted by molar-refractivity contribution is 7.13. The second-order valence-corrected chi connectivity index (χ2v) is 9.15. The predicted molar refractivity (Wildman–Crippen MR) is 124 cm³/mol. The Morgan fingerprint density at radius 3 is 2.88 bits per heavy atom. The van der Waals surface area contributed by atoms with Gasteiger partial charge in [-0.2, -0.15) is 5.10 Å². The number of aliphatic hydroxyl groups is 1. The molecular formula is C23H21N5O4S. The maximum Gasteiger partial charge on any atom is 0.275 e. The lowest BCUT2D eigenvalue weighted by Gasteiger charge is -2.16. The number of oxazole rings is 1. The van der Waals surface area contributed by atoms with Crippen LogP contribution >= 0.6 is 11.3 Å². The van der Waals surface area contributed by atoms with Gasteiger partial charge in [0.05, 0.1) is 23.6 Å². The van der Waals surface area contributed by atoms with E-state index in [4.69, 9.17) is 8.83 Å². The van der Waals surface area contributed by atoms with Crippen LogP contribution in [0.2, 0.25) is 0 Å². The fourth-order valence-corrected chi connectivity index (χ4v) is 4.14. The second kappa shape index (κ2) is 8.30. The summed E-state index contributed by atoms with van der Waals surface area (Å²) in [5.41, 5.74) is 3.09. The van der Waals surface area contributed by atoms with E-state index in [0.29, 0.717) is 29.4 Å². The van der Waals surface area contributed by atoms with Crippen LogP contribution in [-0.2, 0) is 6.54 Å². The zero-order valence-electron chi connectivity index (χ0n) is 18.0. The first-order valence-electron chi connectivity index (χ1n) is 10.3. The van der Waals surface area contributed by atoms with Crippen LogP contribution in [0.1, 0.15) is 30.8 Å². The summed E-state index contributed by atoms with van der Waals surface area (Å²) in [7, 11) is 0. The van der Waals surface area contributed by atoms with Gasteiger partial charge in [-0.1, -0.05) is 0 Å². The number of hydrogen-bond acceptors (Lipinski definition) is 8. The van der Waals surface area contributed by atoms with Crippen molar-refractivity contribution in [1.29, 1.82) is 0 Å². The summed E-state index contributed by atoms with van der Waals surface area (Å²) in [6, 6.07) is 5.62. The molecule has 1 amide bonds. The van der Waals surface area contributed by atoms with E-state index >= 15 is 0 Å². The van der Waals surface area contributed by atoms with Crippen LogP contribution in [0.15, 0.2) is 63.8 Å². The number of benzene rings is 1. The normalized spacial score (nSPS) is 11.8.